The Bertz CT molecular complexity index is 793. The number of benzene rings is 1. The zero-order valence-corrected chi connectivity index (χ0v) is 13.1. The van der Waals surface area contributed by atoms with Crippen LogP contribution in [0.2, 0.25) is 5.15 Å². The summed E-state index contributed by atoms with van der Waals surface area (Å²) in [6.07, 6.45) is 5.18. The first kappa shape index (κ1) is 15.8. The van der Waals surface area contributed by atoms with Crippen molar-refractivity contribution in [1.29, 1.82) is 5.26 Å². The fourth-order valence-electron chi connectivity index (χ4n) is 2.11. The molecule has 2 aromatic rings. The third-order valence-corrected chi connectivity index (χ3v) is 3.54. The van der Waals surface area contributed by atoms with Gasteiger partial charge in [-0.2, -0.15) is 5.26 Å². The molecule has 1 aromatic heterocycles. The van der Waals surface area contributed by atoms with Gasteiger partial charge in [-0.1, -0.05) is 72.8 Å². The molecule has 0 bridgehead atoms. The second-order valence-electron chi connectivity index (χ2n) is 4.76. The van der Waals surface area contributed by atoms with Crippen LogP contribution in [0.3, 0.4) is 0 Å². The molecule has 0 radical (unpaired) electrons. The molecule has 108 valence electrons. The highest BCUT2D eigenvalue weighted by Crippen LogP contribution is 2.31. The normalized spacial score (nSPS) is 10.9. The van der Waals surface area contributed by atoms with Crippen molar-refractivity contribution in [1.82, 2.24) is 4.98 Å². The molecule has 2 rings (SSSR count). The number of nitrogens with zero attached hydrogens (tertiary/aromatic N) is 2. The number of aryl methyl sites for hydroxylation is 1. The number of halogens is 1. The van der Waals surface area contributed by atoms with Crippen LogP contribution in [-0.2, 0) is 0 Å². The van der Waals surface area contributed by atoms with Crippen LogP contribution in [-0.4, -0.2) is 4.98 Å². The largest absolute Gasteiger partial charge is 0.234 e. The van der Waals surface area contributed by atoms with Crippen molar-refractivity contribution in [3.63, 3.8) is 0 Å². The predicted molar refractivity (Wildman–Crippen MR) is 92.5 cm³/mol. The first-order valence-corrected chi connectivity index (χ1v) is 7.11. The molecule has 0 unspecified atom stereocenters. The second-order valence-corrected chi connectivity index (χ2v) is 5.12. The third kappa shape index (κ3) is 3.16. The monoisotopic (exact) mass is 306 g/mol. The third-order valence-electron chi connectivity index (χ3n) is 3.25. The molecule has 0 saturated carbocycles. The highest BCUT2D eigenvalue weighted by atomic mass is 35.5. The molecule has 3 heteroatoms. The molecule has 0 fully saturated rings. The van der Waals surface area contributed by atoms with E-state index in [0.29, 0.717) is 11.3 Å². The van der Waals surface area contributed by atoms with Gasteiger partial charge in [0.2, 0.25) is 0 Å². The predicted octanol–water partition coefficient (Wildman–Crippen LogP) is 5.34. The van der Waals surface area contributed by atoms with Gasteiger partial charge >= 0.3 is 0 Å². The minimum absolute atomic E-state index is 0.185. The number of nitriles is 1. The first-order valence-electron chi connectivity index (χ1n) is 6.74. The molecule has 0 aliphatic carbocycles. The number of aromatic nitrogens is 1. The Hall–Kier alpha value is -2.63. The Morgan fingerprint density at radius 3 is 2.50 bits per heavy atom. The molecule has 0 aliphatic heterocycles. The van der Waals surface area contributed by atoms with Gasteiger partial charge in [-0.15, -0.1) is 0 Å². The molecular weight excluding hydrogens is 292 g/mol. The minimum atomic E-state index is 0.185. The summed E-state index contributed by atoms with van der Waals surface area (Å²) in [4.78, 5) is 4.39. The van der Waals surface area contributed by atoms with Crippen LogP contribution >= 0.6 is 11.6 Å². The highest BCUT2D eigenvalue weighted by molar-refractivity contribution is 6.30. The average Bonchev–Trinajstić information content (AvgIpc) is 2.53. The summed E-state index contributed by atoms with van der Waals surface area (Å²) in [5.41, 5.74) is 4.81. The fourth-order valence-corrected chi connectivity index (χ4v) is 2.29. The molecule has 2 nitrogen and oxygen atoms in total. The van der Waals surface area contributed by atoms with Crippen molar-refractivity contribution >= 4 is 17.2 Å². The van der Waals surface area contributed by atoms with Crippen molar-refractivity contribution in [3.05, 3.63) is 83.7 Å². The van der Waals surface area contributed by atoms with Gasteiger partial charge in [0.25, 0.3) is 0 Å². The van der Waals surface area contributed by atoms with Gasteiger partial charge in [-0.25, -0.2) is 4.98 Å². The lowest BCUT2D eigenvalue weighted by Crippen LogP contribution is -1.96. The van der Waals surface area contributed by atoms with E-state index >= 15 is 0 Å². The van der Waals surface area contributed by atoms with Gasteiger partial charge in [0.1, 0.15) is 11.2 Å². The fraction of sp³-hybridized carbons (Fsp3) is 0.0526. The Kier molecular flexibility index (Phi) is 4.93. The van der Waals surface area contributed by atoms with Crippen molar-refractivity contribution < 1.29 is 0 Å². The number of hydrogen-bond donors (Lipinski definition) is 0. The van der Waals surface area contributed by atoms with Crippen LogP contribution in [0.15, 0.2) is 61.7 Å². The van der Waals surface area contributed by atoms with E-state index in [1.807, 2.05) is 37.3 Å². The number of rotatable bonds is 4. The van der Waals surface area contributed by atoms with E-state index in [1.54, 1.807) is 18.2 Å². The quantitative estimate of drug-likeness (QED) is 0.565. The van der Waals surface area contributed by atoms with Crippen LogP contribution < -0.4 is 0 Å². The number of hydrogen-bond acceptors (Lipinski definition) is 2. The molecule has 0 N–H and O–H groups in total. The van der Waals surface area contributed by atoms with Gasteiger partial charge in [0.05, 0.1) is 11.3 Å². The molecule has 0 atom stereocenters. The molecule has 0 aliphatic rings. The topological polar surface area (TPSA) is 36.7 Å². The molecule has 1 aromatic carbocycles. The maximum atomic E-state index is 9.20. The summed E-state index contributed by atoms with van der Waals surface area (Å²) in [6, 6.07) is 11.9. The minimum Gasteiger partial charge on any atom is -0.234 e. The molecule has 22 heavy (non-hydrogen) atoms. The lowest BCUT2D eigenvalue weighted by molar-refractivity contribution is 1.26. The van der Waals surface area contributed by atoms with E-state index in [2.05, 4.69) is 24.2 Å². The van der Waals surface area contributed by atoms with E-state index in [4.69, 9.17) is 11.6 Å². The van der Waals surface area contributed by atoms with E-state index in [-0.39, 0.29) is 5.15 Å². The maximum absolute atomic E-state index is 9.20. The summed E-state index contributed by atoms with van der Waals surface area (Å²) in [6.45, 7) is 9.55. The molecule has 1 heterocycles. The lowest BCUT2D eigenvalue weighted by Gasteiger charge is -2.11. The lowest BCUT2D eigenvalue weighted by atomic mass is 9.97. The molecule has 0 saturated heterocycles. The Morgan fingerprint density at radius 1 is 1.27 bits per heavy atom. The van der Waals surface area contributed by atoms with Crippen molar-refractivity contribution in [3.8, 4) is 17.2 Å². The van der Waals surface area contributed by atoms with Gasteiger partial charge in [0.15, 0.2) is 0 Å². The summed E-state index contributed by atoms with van der Waals surface area (Å²) in [7, 11) is 0. The zero-order valence-electron chi connectivity index (χ0n) is 12.3. The average molecular weight is 307 g/mol. The maximum Gasteiger partial charge on any atom is 0.147 e. The zero-order chi connectivity index (χ0) is 16.1. The van der Waals surface area contributed by atoms with Gasteiger partial charge < -0.3 is 0 Å². The SMILES string of the molecule is C=C/C=C(\C=C)c1nc(Cl)c(C#N)cc1-c1ccc(C)cc1. The summed E-state index contributed by atoms with van der Waals surface area (Å²) in [5, 5.41) is 9.38. The smallest absolute Gasteiger partial charge is 0.147 e. The number of pyridine rings is 1. The number of allylic oxidation sites excluding steroid dienone is 4. The van der Waals surface area contributed by atoms with Gasteiger partial charge in [-0.05, 0) is 18.6 Å². The molecule has 0 spiro atoms. The standard InChI is InChI=1S/C19H15ClN2/c1-4-6-14(5-2)18-17(11-16(12-21)19(20)22-18)15-9-7-13(3)8-10-15/h4-11H,1-2H2,3H3/b14-6+. The van der Waals surface area contributed by atoms with Crippen LogP contribution in [0.5, 0.6) is 0 Å². The van der Waals surface area contributed by atoms with Crippen molar-refractivity contribution in [2.45, 2.75) is 6.92 Å². The van der Waals surface area contributed by atoms with E-state index in [9.17, 15) is 5.26 Å². The Morgan fingerprint density at radius 2 is 1.95 bits per heavy atom. The van der Waals surface area contributed by atoms with Crippen molar-refractivity contribution in [2.75, 3.05) is 0 Å². The molecule has 0 amide bonds. The second kappa shape index (κ2) is 6.89. The van der Waals surface area contributed by atoms with Crippen LogP contribution in [0.4, 0.5) is 0 Å². The first-order chi connectivity index (χ1) is 10.6. The summed E-state index contributed by atoms with van der Waals surface area (Å²) >= 11 is 6.09. The highest BCUT2D eigenvalue weighted by Gasteiger charge is 2.14. The Balaban J connectivity index is 2.77. The van der Waals surface area contributed by atoms with E-state index in [0.717, 1.165) is 16.7 Å². The van der Waals surface area contributed by atoms with E-state index < -0.39 is 0 Å². The van der Waals surface area contributed by atoms with E-state index in [1.165, 1.54) is 5.56 Å². The van der Waals surface area contributed by atoms with Gasteiger partial charge in [-0.3, -0.25) is 0 Å². The van der Waals surface area contributed by atoms with Crippen LogP contribution in [0.1, 0.15) is 16.8 Å². The van der Waals surface area contributed by atoms with Crippen LogP contribution in [0.25, 0.3) is 16.7 Å². The molecular formula is C19H15ClN2. The summed E-state index contributed by atoms with van der Waals surface area (Å²) < 4.78 is 0. The Labute approximate surface area is 135 Å². The van der Waals surface area contributed by atoms with Crippen LogP contribution in [0, 0.1) is 18.3 Å². The summed E-state index contributed by atoms with van der Waals surface area (Å²) in [5.74, 6) is 0. The van der Waals surface area contributed by atoms with Gasteiger partial charge in [0, 0.05) is 11.1 Å². The van der Waals surface area contributed by atoms with Crippen molar-refractivity contribution in [2.24, 2.45) is 0 Å².